The Morgan fingerprint density at radius 1 is 1.21 bits per heavy atom. The summed E-state index contributed by atoms with van der Waals surface area (Å²) in [7, 11) is 3.05. The second kappa shape index (κ2) is 5.45. The van der Waals surface area contributed by atoms with Crippen LogP contribution in [0.15, 0.2) is 43.5 Å². The van der Waals surface area contributed by atoms with E-state index in [1.807, 2.05) is 24.3 Å². The van der Waals surface area contributed by atoms with Crippen molar-refractivity contribution in [3.8, 4) is 5.75 Å². The Hall–Kier alpha value is -1.28. The van der Waals surface area contributed by atoms with E-state index in [-0.39, 0.29) is 0 Å². The summed E-state index contributed by atoms with van der Waals surface area (Å²) in [5.74, 6) is 0.848. The summed E-state index contributed by atoms with van der Waals surface area (Å²) in [5, 5.41) is 0. The largest absolute Gasteiger partial charge is 0.540 e. The van der Waals surface area contributed by atoms with Crippen LogP contribution in [0.2, 0.25) is 0 Å². The van der Waals surface area contributed by atoms with Crippen LogP contribution in [0.1, 0.15) is 11.1 Å². The van der Waals surface area contributed by atoms with Gasteiger partial charge >= 0.3 is 10.5 Å². The van der Waals surface area contributed by atoms with Crippen molar-refractivity contribution in [1.82, 2.24) is 0 Å². The second-order valence-corrected chi connectivity index (χ2v) is 3.19. The van der Waals surface area contributed by atoms with Gasteiger partial charge in [0.25, 0.3) is 0 Å². The molecule has 0 unspecified atom stereocenters. The molecule has 0 heterocycles. The molecule has 0 aromatic heterocycles. The third-order valence-electron chi connectivity index (χ3n) is 2.05. The van der Waals surface area contributed by atoms with Crippen LogP contribution in [0.4, 0.5) is 0 Å². The molecule has 1 aromatic rings. The van der Waals surface area contributed by atoms with Crippen molar-refractivity contribution in [3.05, 3.63) is 54.6 Å². The average molecular weight is 201 g/mol. The molecule has 0 aliphatic carbocycles. The van der Waals surface area contributed by atoms with E-state index in [9.17, 15) is 0 Å². The van der Waals surface area contributed by atoms with E-state index in [1.54, 1.807) is 0 Å². The van der Waals surface area contributed by atoms with E-state index in [1.165, 1.54) is 5.56 Å². The molecular formula is C12H13OSi. The first-order valence-corrected chi connectivity index (χ1v) is 4.90. The summed E-state index contributed by atoms with van der Waals surface area (Å²) in [6, 6.07) is 5.98. The van der Waals surface area contributed by atoms with Gasteiger partial charge < -0.3 is 4.43 Å². The number of benzene rings is 1. The molecule has 71 valence electrons. The normalized spacial score (nSPS) is 9.50. The lowest BCUT2D eigenvalue weighted by atomic mass is 10.0. The quantitative estimate of drug-likeness (QED) is 0.525. The Bertz CT molecular complexity index is 331. The smallest absolute Gasteiger partial charge is 0.341 e. The van der Waals surface area contributed by atoms with Crippen molar-refractivity contribution >= 4 is 10.5 Å². The lowest BCUT2D eigenvalue weighted by molar-refractivity contribution is 0.606. The Balaban J connectivity index is 3.12. The van der Waals surface area contributed by atoms with Gasteiger partial charge in [0.05, 0.1) is 0 Å². The van der Waals surface area contributed by atoms with Crippen LogP contribution in [0.5, 0.6) is 5.75 Å². The molecule has 14 heavy (non-hydrogen) atoms. The summed E-state index contributed by atoms with van der Waals surface area (Å²) in [4.78, 5) is 0. The minimum Gasteiger partial charge on any atom is -0.540 e. The van der Waals surface area contributed by atoms with Gasteiger partial charge in [-0.25, -0.2) is 0 Å². The Labute approximate surface area is 88.6 Å². The van der Waals surface area contributed by atoms with Gasteiger partial charge in [-0.05, 0) is 30.0 Å². The van der Waals surface area contributed by atoms with E-state index in [0.717, 1.165) is 24.2 Å². The van der Waals surface area contributed by atoms with Crippen LogP contribution < -0.4 is 4.43 Å². The van der Waals surface area contributed by atoms with Gasteiger partial charge in [0.1, 0.15) is 5.75 Å². The van der Waals surface area contributed by atoms with Crippen molar-refractivity contribution in [2.24, 2.45) is 0 Å². The fourth-order valence-electron chi connectivity index (χ4n) is 1.43. The highest BCUT2D eigenvalue weighted by atomic mass is 28.2. The lowest BCUT2D eigenvalue weighted by Crippen LogP contribution is -1.97. The molecule has 2 heteroatoms. The van der Waals surface area contributed by atoms with Gasteiger partial charge in [-0.2, -0.15) is 0 Å². The Morgan fingerprint density at radius 3 is 2.50 bits per heavy atom. The van der Waals surface area contributed by atoms with Gasteiger partial charge in [-0.3, -0.25) is 0 Å². The average Bonchev–Trinajstić information content (AvgIpc) is 2.21. The third-order valence-corrected chi connectivity index (χ3v) is 2.27. The molecule has 0 aliphatic rings. The van der Waals surface area contributed by atoms with Crippen molar-refractivity contribution in [3.63, 3.8) is 0 Å². The molecule has 0 aliphatic heterocycles. The van der Waals surface area contributed by atoms with Crippen LogP contribution in [0.25, 0.3) is 0 Å². The van der Waals surface area contributed by atoms with Gasteiger partial charge in [-0.15, -0.1) is 13.2 Å². The predicted molar refractivity (Wildman–Crippen MR) is 60.6 cm³/mol. The van der Waals surface area contributed by atoms with Gasteiger partial charge in [0, 0.05) is 0 Å². The fraction of sp³-hybridized carbons (Fsp3) is 0.167. The number of hydrogen-bond donors (Lipinski definition) is 0. The first-order valence-electron chi connectivity index (χ1n) is 4.49. The Kier molecular flexibility index (Phi) is 4.20. The highest BCUT2D eigenvalue weighted by Crippen LogP contribution is 2.23. The molecule has 0 amide bonds. The molecular weight excluding hydrogens is 188 g/mol. The topological polar surface area (TPSA) is 9.23 Å². The van der Waals surface area contributed by atoms with Gasteiger partial charge in [0.15, 0.2) is 0 Å². The van der Waals surface area contributed by atoms with Crippen molar-refractivity contribution in [2.45, 2.75) is 12.8 Å². The van der Waals surface area contributed by atoms with Crippen molar-refractivity contribution < 1.29 is 4.43 Å². The third kappa shape index (κ3) is 2.36. The molecule has 0 saturated heterocycles. The molecule has 0 spiro atoms. The fourth-order valence-corrected chi connectivity index (χ4v) is 1.62. The van der Waals surface area contributed by atoms with Crippen LogP contribution >= 0.6 is 0 Å². The number of allylic oxidation sites excluding steroid dienone is 2. The number of rotatable bonds is 5. The summed E-state index contributed by atoms with van der Waals surface area (Å²) in [5.41, 5.74) is 2.40. The van der Waals surface area contributed by atoms with E-state index < -0.39 is 0 Å². The molecule has 1 aromatic carbocycles. The van der Waals surface area contributed by atoms with Crippen molar-refractivity contribution in [2.75, 3.05) is 0 Å². The van der Waals surface area contributed by atoms with E-state index in [0.29, 0.717) is 0 Å². The minimum absolute atomic E-state index is 0.809. The molecule has 0 atom stereocenters. The van der Waals surface area contributed by atoms with E-state index in [4.69, 9.17) is 4.43 Å². The summed E-state index contributed by atoms with van der Waals surface area (Å²) in [6.45, 7) is 7.47. The zero-order valence-corrected chi connectivity index (χ0v) is 9.12. The summed E-state index contributed by atoms with van der Waals surface area (Å²) < 4.78 is 5.11. The molecule has 3 radical (unpaired) electrons. The van der Waals surface area contributed by atoms with Gasteiger partial charge in [-0.1, -0.05) is 24.3 Å². The van der Waals surface area contributed by atoms with E-state index in [2.05, 4.69) is 29.7 Å². The molecule has 0 bridgehead atoms. The zero-order chi connectivity index (χ0) is 10.4. The van der Waals surface area contributed by atoms with Crippen molar-refractivity contribution in [1.29, 1.82) is 0 Å². The maximum atomic E-state index is 5.11. The first-order chi connectivity index (χ1) is 6.83. The maximum Gasteiger partial charge on any atom is 0.341 e. The van der Waals surface area contributed by atoms with Crippen LogP contribution in [-0.2, 0) is 12.8 Å². The molecule has 1 nitrogen and oxygen atoms in total. The van der Waals surface area contributed by atoms with Crippen LogP contribution in [0, 0.1) is 0 Å². The first kappa shape index (κ1) is 10.8. The van der Waals surface area contributed by atoms with E-state index >= 15 is 0 Å². The SMILES string of the molecule is C=CCc1cccc(O[Si])c1CC=C. The molecule has 0 saturated carbocycles. The second-order valence-electron chi connectivity index (χ2n) is 2.98. The minimum atomic E-state index is 0.809. The van der Waals surface area contributed by atoms with Crippen LogP contribution in [-0.4, -0.2) is 10.5 Å². The number of hydrogen-bond acceptors (Lipinski definition) is 1. The standard InChI is InChI=1S/C12H13OSi/c1-3-6-10-8-5-9-12(13-14)11(10)7-4-2/h3-5,8-9H,1-2,6-7H2. The zero-order valence-electron chi connectivity index (χ0n) is 8.12. The molecule has 1 rings (SSSR count). The highest BCUT2D eigenvalue weighted by Gasteiger charge is 2.05. The lowest BCUT2D eigenvalue weighted by Gasteiger charge is -2.11. The maximum absolute atomic E-state index is 5.11. The molecule has 0 fully saturated rings. The predicted octanol–water partition coefficient (Wildman–Crippen LogP) is 2.61. The summed E-state index contributed by atoms with van der Waals surface area (Å²) >= 11 is 0. The summed E-state index contributed by atoms with van der Waals surface area (Å²) in [6.07, 6.45) is 5.42. The highest BCUT2D eigenvalue weighted by molar-refractivity contribution is 6.00. The van der Waals surface area contributed by atoms with Gasteiger partial charge in [0.2, 0.25) is 0 Å². The van der Waals surface area contributed by atoms with Crippen LogP contribution in [0.3, 0.4) is 0 Å². The Morgan fingerprint density at radius 2 is 1.93 bits per heavy atom. The monoisotopic (exact) mass is 201 g/mol. The molecule has 0 N–H and O–H groups in total.